The van der Waals surface area contributed by atoms with Gasteiger partial charge in [0, 0.05) is 38.0 Å². The third kappa shape index (κ3) is 2.95. The fourth-order valence-electron chi connectivity index (χ4n) is 5.40. The van der Waals surface area contributed by atoms with Gasteiger partial charge in [0.2, 0.25) is 5.91 Å². The van der Waals surface area contributed by atoms with Gasteiger partial charge < -0.3 is 14.8 Å². The van der Waals surface area contributed by atoms with Crippen LogP contribution in [0.3, 0.4) is 0 Å². The SMILES string of the molecule is O=C1C[C@]2(CC[C@@H]3[C@H](C(=O)NCCN4CCOCC4)[C@H]32)Oc2ccccc21. The van der Waals surface area contributed by atoms with E-state index >= 15 is 0 Å². The Hall–Kier alpha value is -1.92. The first kappa shape index (κ1) is 17.2. The van der Waals surface area contributed by atoms with Crippen LogP contribution in [0.25, 0.3) is 0 Å². The molecule has 0 bridgehead atoms. The van der Waals surface area contributed by atoms with Crippen molar-refractivity contribution < 1.29 is 19.1 Å². The molecule has 2 saturated carbocycles. The normalized spacial score (nSPS) is 34.7. The second-order valence-corrected chi connectivity index (χ2v) is 8.26. The van der Waals surface area contributed by atoms with Gasteiger partial charge in [-0.25, -0.2) is 0 Å². The van der Waals surface area contributed by atoms with E-state index in [1.54, 1.807) is 0 Å². The van der Waals surface area contributed by atoms with Crippen molar-refractivity contribution in [1.82, 2.24) is 10.2 Å². The van der Waals surface area contributed by atoms with E-state index in [-0.39, 0.29) is 23.5 Å². The van der Waals surface area contributed by atoms with Crippen LogP contribution < -0.4 is 10.1 Å². The van der Waals surface area contributed by atoms with Gasteiger partial charge in [-0.15, -0.1) is 0 Å². The third-order valence-electron chi connectivity index (χ3n) is 6.77. The van der Waals surface area contributed by atoms with Crippen molar-refractivity contribution in [3.05, 3.63) is 29.8 Å². The second kappa shape index (κ2) is 6.60. The Bertz CT molecular complexity index is 760. The first-order valence-corrected chi connectivity index (χ1v) is 10.1. The average molecular weight is 370 g/mol. The van der Waals surface area contributed by atoms with Crippen LogP contribution in [0.4, 0.5) is 0 Å². The summed E-state index contributed by atoms with van der Waals surface area (Å²) in [5.74, 6) is 1.52. The average Bonchev–Trinajstić information content (AvgIpc) is 3.34. The predicted molar refractivity (Wildman–Crippen MR) is 98.7 cm³/mol. The standard InChI is InChI=1S/C21H26N2O4/c24-16-13-21(27-17-4-2-1-3-14(16)17)6-5-15-18(19(15)21)20(25)22-7-8-23-9-11-26-12-10-23/h1-4,15,18-19H,5-13H2,(H,22,25)/t15-,18+,19+,21+/m1/s1. The first-order valence-electron chi connectivity index (χ1n) is 10.1. The van der Waals surface area contributed by atoms with Crippen molar-refractivity contribution in [2.75, 3.05) is 39.4 Å². The Morgan fingerprint density at radius 2 is 2.07 bits per heavy atom. The molecule has 4 atom stereocenters. The molecule has 2 aliphatic carbocycles. The fourth-order valence-corrected chi connectivity index (χ4v) is 5.40. The van der Waals surface area contributed by atoms with Crippen molar-refractivity contribution >= 4 is 11.7 Å². The van der Waals surface area contributed by atoms with Crippen molar-refractivity contribution in [2.45, 2.75) is 24.9 Å². The highest BCUT2D eigenvalue weighted by Crippen LogP contribution is 2.65. The van der Waals surface area contributed by atoms with Gasteiger partial charge in [0.25, 0.3) is 0 Å². The van der Waals surface area contributed by atoms with E-state index in [0.29, 0.717) is 30.2 Å². The van der Waals surface area contributed by atoms with Crippen LogP contribution in [0.2, 0.25) is 0 Å². The van der Waals surface area contributed by atoms with E-state index in [1.165, 1.54) is 0 Å². The number of ketones is 1. The maximum Gasteiger partial charge on any atom is 0.223 e. The van der Waals surface area contributed by atoms with Crippen LogP contribution in [0.1, 0.15) is 29.6 Å². The van der Waals surface area contributed by atoms with E-state index in [1.807, 2.05) is 24.3 Å². The summed E-state index contributed by atoms with van der Waals surface area (Å²) >= 11 is 0. The predicted octanol–water partition coefficient (Wildman–Crippen LogP) is 1.49. The lowest BCUT2D eigenvalue weighted by atomic mass is 9.84. The summed E-state index contributed by atoms with van der Waals surface area (Å²) in [5.41, 5.74) is 0.209. The van der Waals surface area contributed by atoms with E-state index in [4.69, 9.17) is 9.47 Å². The summed E-state index contributed by atoms with van der Waals surface area (Å²) in [6.07, 6.45) is 2.25. The number of Topliss-reactive ketones (excluding diaryl/α,β-unsaturated/α-hetero) is 1. The number of amides is 1. The highest BCUT2D eigenvalue weighted by Gasteiger charge is 2.70. The minimum Gasteiger partial charge on any atom is -0.486 e. The van der Waals surface area contributed by atoms with Crippen LogP contribution in [0.15, 0.2) is 24.3 Å². The van der Waals surface area contributed by atoms with Crippen molar-refractivity contribution in [2.24, 2.45) is 17.8 Å². The highest BCUT2D eigenvalue weighted by molar-refractivity contribution is 6.00. The third-order valence-corrected chi connectivity index (χ3v) is 6.77. The van der Waals surface area contributed by atoms with Crippen LogP contribution >= 0.6 is 0 Å². The molecule has 0 aromatic heterocycles. The molecule has 27 heavy (non-hydrogen) atoms. The monoisotopic (exact) mass is 370 g/mol. The molecule has 144 valence electrons. The number of carbonyl (C=O) groups excluding carboxylic acids is 2. The molecule has 0 unspecified atom stereocenters. The number of para-hydroxylation sites is 1. The number of benzene rings is 1. The van der Waals surface area contributed by atoms with Gasteiger partial charge in [0.05, 0.1) is 25.2 Å². The molecule has 2 aliphatic heterocycles. The van der Waals surface area contributed by atoms with Gasteiger partial charge >= 0.3 is 0 Å². The summed E-state index contributed by atoms with van der Waals surface area (Å²) < 4.78 is 11.7. The maximum absolute atomic E-state index is 12.7. The van der Waals surface area contributed by atoms with E-state index in [0.717, 1.165) is 45.7 Å². The topological polar surface area (TPSA) is 67.9 Å². The molecule has 1 aromatic rings. The summed E-state index contributed by atoms with van der Waals surface area (Å²) in [5, 5.41) is 3.11. The molecule has 1 saturated heterocycles. The van der Waals surface area contributed by atoms with E-state index < -0.39 is 5.60 Å². The molecule has 6 nitrogen and oxygen atoms in total. The molecule has 2 heterocycles. The molecule has 3 fully saturated rings. The Labute approximate surface area is 159 Å². The fraction of sp³-hybridized carbons (Fsp3) is 0.619. The summed E-state index contributed by atoms with van der Waals surface area (Å²) in [7, 11) is 0. The van der Waals surface area contributed by atoms with Crippen LogP contribution in [0, 0.1) is 17.8 Å². The molecule has 1 amide bonds. The number of hydrogen-bond donors (Lipinski definition) is 1. The number of morpholine rings is 1. The minimum atomic E-state index is -0.470. The number of carbonyl (C=O) groups is 2. The highest BCUT2D eigenvalue weighted by atomic mass is 16.5. The number of fused-ring (bicyclic) bond motifs is 3. The number of ether oxygens (including phenoxy) is 2. The lowest BCUT2D eigenvalue weighted by Crippen LogP contribution is -2.45. The lowest BCUT2D eigenvalue weighted by Gasteiger charge is -2.37. The lowest BCUT2D eigenvalue weighted by molar-refractivity contribution is -0.124. The number of rotatable bonds is 4. The first-order chi connectivity index (χ1) is 13.2. The van der Waals surface area contributed by atoms with E-state index in [2.05, 4.69) is 10.2 Å². The molecular formula is C21H26N2O4. The van der Waals surface area contributed by atoms with Crippen LogP contribution in [0.5, 0.6) is 5.75 Å². The summed E-state index contributed by atoms with van der Waals surface area (Å²) in [4.78, 5) is 27.7. The van der Waals surface area contributed by atoms with Gasteiger partial charge in [-0.05, 0) is 30.9 Å². The molecular weight excluding hydrogens is 344 g/mol. The van der Waals surface area contributed by atoms with Gasteiger partial charge in [0.1, 0.15) is 11.4 Å². The number of nitrogens with zero attached hydrogens (tertiary/aromatic N) is 1. The Balaban J connectivity index is 1.21. The molecule has 1 spiro atoms. The zero-order valence-corrected chi connectivity index (χ0v) is 15.5. The molecule has 0 radical (unpaired) electrons. The molecule has 5 rings (SSSR count). The molecule has 4 aliphatic rings. The molecule has 6 heteroatoms. The summed E-state index contributed by atoms with van der Waals surface area (Å²) in [6.45, 7) is 4.95. The smallest absolute Gasteiger partial charge is 0.223 e. The second-order valence-electron chi connectivity index (χ2n) is 8.26. The van der Waals surface area contributed by atoms with Gasteiger partial charge in [0.15, 0.2) is 5.78 Å². The van der Waals surface area contributed by atoms with Crippen LogP contribution in [-0.4, -0.2) is 61.6 Å². The van der Waals surface area contributed by atoms with Gasteiger partial charge in [-0.1, -0.05) is 12.1 Å². The van der Waals surface area contributed by atoms with E-state index in [9.17, 15) is 9.59 Å². The molecule has 1 N–H and O–H groups in total. The van der Waals surface area contributed by atoms with Crippen LogP contribution in [-0.2, 0) is 9.53 Å². The number of hydrogen-bond acceptors (Lipinski definition) is 5. The summed E-state index contributed by atoms with van der Waals surface area (Å²) in [6, 6.07) is 7.48. The van der Waals surface area contributed by atoms with Crippen molar-refractivity contribution in [1.29, 1.82) is 0 Å². The number of nitrogens with one attached hydrogen (secondary N) is 1. The van der Waals surface area contributed by atoms with Gasteiger partial charge in [-0.2, -0.15) is 0 Å². The quantitative estimate of drug-likeness (QED) is 0.870. The zero-order valence-electron chi connectivity index (χ0n) is 15.5. The van der Waals surface area contributed by atoms with Crippen molar-refractivity contribution in [3.63, 3.8) is 0 Å². The Kier molecular flexibility index (Phi) is 4.20. The van der Waals surface area contributed by atoms with Gasteiger partial charge in [-0.3, -0.25) is 14.5 Å². The van der Waals surface area contributed by atoms with Crippen molar-refractivity contribution in [3.8, 4) is 5.75 Å². The Morgan fingerprint density at radius 3 is 2.93 bits per heavy atom. The zero-order chi connectivity index (χ0) is 18.4. The largest absolute Gasteiger partial charge is 0.486 e. The molecule has 1 aromatic carbocycles. The Morgan fingerprint density at radius 1 is 1.26 bits per heavy atom. The maximum atomic E-state index is 12.7. The minimum absolute atomic E-state index is 0.00139.